The summed E-state index contributed by atoms with van der Waals surface area (Å²) in [5.41, 5.74) is 6.89. The van der Waals surface area contributed by atoms with E-state index in [1.54, 1.807) is 12.3 Å². The topological polar surface area (TPSA) is 104 Å². The van der Waals surface area contributed by atoms with Crippen molar-refractivity contribution < 1.29 is 9.13 Å². The Kier molecular flexibility index (Phi) is 4.62. The highest BCUT2D eigenvalue weighted by Gasteiger charge is 2.18. The van der Waals surface area contributed by atoms with Gasteiger partial charge in [0.2, 0.25) is 0 Å². The Morgan fingerprint density at radius 1 is 1.00 bits per heavy atom. The fourth-order valence-corrected chi connectivity index (χ4v) is 4.17. The Hall–Kier alpha value is -4.11. The first-order chi connectivity index (χ1) is 16.2. The molecular formula is C24H20FN7O. The maximum Gasteiger partial charge on any atom is 0.161 e. The quantitative estimate of drug-likeness (QED) is 0.388. The first-order valence-electron chi connectivity index (χ1n) is 10.6. The van der Waals surface area contributed by atoms with Gasteiger partial charge in [-0.2, -0.15) is 5.10 Å². The molecule has 164 valence electrons. The summed E-state index contributed by atoms with van der Waals surface area (Å²) in [6.45, 7) is 1.78. The summed E-state index contributed by atoms with van der Waals surface area (Å²) in [6, 6.07) is 10.3. The van der Waals surface area contributed by atoms with Gasteiger partial charge in [0.05, 0.1) is 29.5 Å². The summed E-state index contributed by atoms with van der Waals surface area (Å²) in [6.07, 6.45) is 4.77. The maximum atomic E-state index is 14.1. The van der Waals surface area contributed by atoms with Crippen LogP contribution in [0.15, 0.2) is 48.7 Å². The largest absolute Gasteiger partial charge is 0.497 e. The molecule has 33 heavy (non-hydrogen) atoms. The van der Waals surface area contributed by atoms with Crippen LogP contribution in [-0.2, 0) is 0 Å². The zero-order valence-electron chi connectivity index (χ0n) is 17.8. The van der Waals surface area contributed by atoms with Crippen molar-refractivity contribution in [3.63, 3.8) is 0 Å². The van der Waals surface area contributed by atoms with Crippen molar-refractivity contribution in [2.75, 3.05) is 20.2 Å². The van der Waals surface area contributed by atoms with E-state index in [0.717, 1.165) is 41.8 Å². The second-order valence-corrected chi connectivity index (χ2v) is 7.87. The summed E-state index contributed by atoms with van der Waals surface area (Å²) < 4.78 is 19.3. The average Bonchev–Trinajstić information content (AvgIpc) is 3.47. The van der Waals surface area contributed by atoms with E-state index in [2.05, 4.69) is 31.6 Å². The van der Waals surface area contributed by atoms with Crippen LogP contribution in [0.4, 0.5) is 4.39 Å². The molecule has 0 spiro atoms. The Labute approximate surface area is 187 Å². The number of benzene rings is 1. The van der Waals surface area contributed by atoms with Gasteiger partial charge >= 0.3 is 0 Å². The van der Waals surface area contributed by atoms with Crippen molar-refractivity contribution in [1.29, 1.82) is 0 Å². The van der Waals surface area contributed by atoms with E-state index in [0.29, 0.717) is 34.0 Å². The van der Waals surface area contributed by atoms with Crippen LogP contribution in [0.25, 0.3) is 50.4 Å². The second kappa shape index (κ2) is 7.79. The van der Waals surface area contributed by atoms with E-state index in [-0.39, 0.29) is 0 Å². The standard InChI is InChI=1S/C24H20FN7O/c1-33-16-11-14(10-15(25)12-16)20-21-18(6-9-27-20)29-24(30-21)23-22-19(31-32-23)3-2-17(28-22)13-4-7-26-8-5-13/h2-4,6,9-12,26H,5,7-8H2,1H3,(H,29,30)(H,31,32). The highest BCUT2D eigenvalue weighted by Crippen LogP contribution is 2.32. The number of fused-ring (bicyclic) bond motifs is 2. The minimum absolute atomic E-state index is 0.402. The van der Waals surface area contributed by atoms with E-state index >= 15 is 0 Å². The third kappa shape index (κ3) is 3.42. The number of methoxy groups -OCH3 is 1. The molecule has 0 unspecified atom stereocenters. The van der Waals surface area contributed by atoms with Gasteiger partial charge in [0.15, 0.2) is 11.5 Å². The minimum atomic E-state index is -0.402. The number of hydrogen-bond donors (Lipinski definition) is 3. The molecule has 0 saturated carbocycles. The van der Waals surface area contributed by atoms with E-state index < -0.39 is 5.82 Å². The molecule has 5 aromatic rings. The molecule has 0 radical (unpaired) electrons. The number of rotatable bonds is 4. The van der Waals surface area contributed by atoms with Crippen molar-refractivity contribution in [1.82, 2.24) is 35.5 Å². The van der Waals surface area contributed by atoms with Gasteiger partial charge < -0.3 is 15.0 Å². The first kappa shape index (κ1) is 19.6. The third-order valence-corrected chi connectivity index (χ3v) is 5.81. The SMILES string of the molecule is COc1cc(F)cc(-c2nccc3[nH]c(-c4n[nH]c5ccc(C6=CCNCC6)nc45)nc23)c1. The number of pyridine rings is 2. The number of aromatic amines is 2. The van der Waals surface area contributed by atoms with Gasteiger partial charge in [-0.25, -0.2) is 14.4 Å². The van der Waals surface area contributed by atoms with Crippen LogP contribution in [0, 0.1) is 5.82 Å². The van der Waals surface area contributed by atoms with Gasteiger partial charge in [-0.1, -0.05) is 6.08 Å². The van der Waals surface area contributed by atoms with E-state index in [1.807, 2.05) is 18.2 Å². The molecule has 0 atom stereocenters. The minimum Gasteiger partial charge on any atom is -0.497 e. The molecule has 9 heteroatoms. The summed E-state index contributed by atoms with van der Waals surface area (Å²) >= 11 is 0. The number of H-pyrrole nitrogens is 2. The van der Waals surface area contributed by atoms with Crippen molar-refractivity contribution in [2.24, 2.45) is 0 Å². The van der Waals surface area contributed by atoms with Crippen LogP contribution in [-0.4, -0.2) is 50.3 Å². The number of nitrogens with zero attached hydrogens (tertiary/aromatic N) is 4. The summed E-state index contributed by atoms with van der Waals surface area (Å²) in [5, 5.41) is 10.8. The van der Waals surface area contributed by atoms with Crippen LogP contribution >= 0.6 is 0 Å². The summed E-state index contributed by atoms with van der Waals surface area (Å²) in [7, 11) is 1.50. The van der Waals surface area contributed by atoms with E-state index in [4.69, 9.17) is 14.7 Å². The fourth-order valence-electron chi connectivity index (χ4n) is 4.17. The Morgan fingerprint density at radius 3 is 2.76 bits per heavy atom. The van der Waals surface area contributed by atoms with Crippen LogP contribution in [0.2, 0.25) is 0 Å². The molecule has 0 saturated heterocycles. The third-order valence-electron chi connectivity index (χ3n) is 5.81. The molecule has 8 nitrogen and oxygen atoms in total. The number of halogens is 1. The van der Waals surface area contributed by atoms with Crippen LogP contribution in [0.3, 0.4) is 0 Å². The predicted molar refractivity (Wildman–Crippen MR) is 124 cm³/mol. The summed E-state index contributed by atoms with van der Waals surface area (Å²) in [4.78, 5) is 17.5. The normalized spacial score (nSPS) is 14.1. The molecular weight excluding hydrogens is 421 g/mol. The number of ether oxygens (including phenoxy) is 1. The molecule has 0 bridgehead atoms. The van der Waals surface area contributed by atoms with Gasteiger partial charge in [0.25, 0.3) is 0 Å². The molecule has 1 aromatic carbocycles. The lowest BCUT2D eigenvalue weighted by atomic mass is 10.1. The first-order valence-corrected chi connectivity index (χ1v) is 10.6. The molecule has 3 N–H and O–H groups in total. The Morgan fingerprint density at radius 2 is 1.91 bits per heavy atom. The molecule has 5 heterocycles. The highest BCUT2D eigenvalue weighted by molar-refractivity contribution is 5.95. The molecule has 0 aliphatic carbocycles. The Balaban J connectivity index is 1.48. The molecule has 6 rings (SSSR count). The lowest BCUT2D eigenvalue weighted by Gasteiger charge is -2.13. The van der Waals surface area contributed by atoms with Crippen molar-refractivity contribution in [3.8, 4) is 28.5 Å². The Bertz CT molecular complexity index is 1530. The average molecular weight is 441 g/mol. The van der Waals surface area contributed by atoms with Crippen molar-refractivity contribution in [2.45, 2.75) is 6.42 Å². The maximum absolute atomic E-state index is 14.1. The van der Waals surface area contributed by atoms with Crippen LogP contribution in [0.1, 0.15) is 12.1 Å². The molecule has 0 amide bonds. The van der Waals surface area contributed by atoms with Gasteiger partial charge in [-0.05, 0) is 48.9 Å². The molecule has 1 aliphatic rings. The zero-order valence-corrected chi connectivity index (χ0v) is 17.8. The number of hydrogen-bond acceptors (Lipinski definition) is 6. The van der Waals surface area contributed by atoms with Gasteiger partial charge in [-0.15, -0.1) is 0 Å². The molecule has 4 aromatic heterocycles. The monoisotopic (exact) mass is 441 g/mol. The van der Waals surface area contributed by atoms with E-state index in [9.17, 15) is 4.39 Å². The fraction of sp³-hybridized carbons (Fsp3) is 0.167. The lowest BCUT2D eigenvalue weighted by Crippen LogP contribution is -2.20. The number of imidazole rings is 1. The van der Waals surface area contributed by atoms with E-state index in [1.165, 1.54) is 24.8 Å². The second-order valence-electron chi connectivity index (χ2n) is 7.87. The molecule has 1 aliphatic heterocycles. The van der Waals surface area contributed by atoms with Crippen LogP contribution < -0.4 is 10.1 Å². The van der Waals surface area contributed by atoms with Gasteiger partial charge in [-0.3, -0.25) is 10.1 Å². The van der Waals surface area contributed by atoms with Gasteiger partial charge in [0.1, 0.15) is 22.6 Å². The van der Waals surface area contributed by atoms with Crippen molar-refractivity contribution in [3.05, 3.63) is 60.2 Å². The zero-order chi connectivity index (χ0) is 22.4. The number of nitrogens with one attached hydrogen (secondary N) is 3. The van der Waals surface area contributed by atoms with Crippen molar-refractivity contribution >= 4 is 27.6 Å². The predicted octanol–water partition coefficient (Wildman–Crippen LogP) is 4.09. The smallest absolute Gasteiger partial charge is 0.161 e. The lowest BCUT2D eigenvalue weighted by molar-refractivity contribution is 0.411. The summed E-state index contributed by atoms with van der Waals surface area (Å²) in [5.74, 6) is 0.584. The van der Waals surface area contributed by atoms with Crippen LogP contribution in [0.5, 0.6) is 5.75 Å². The molecule has 0 fully saturated rings. The van der Waals surface area contributed by atoms with Gasteiger partial charge in [0, 0.05) is 24.4 Å². The number of aromatic nitrogens is 6. The highest BCUT2D eigenvalue weighted by atomic mass is 19.1.